The summed E-state index contributed by atoms with van der Waals surface area (Å²) in [5, 5.41) is 9.83. The second-order valence-corrected chi connectivity index (χ2v) is 9.87. The zero-order valence-corrected chi connectivity index (χ0v) is 21.9. The van der Waals surface area contributed by atoms with Gasteiger partial charge in [0, 0.05) is 12.1 Å². The molecule has 2 heterocycles. The van der Waals surface area contributed by atoms with Crippen molar-refractivity contribution in [3.63, 3.8) is 0 Å². The van der Waals surface area contributed by atoms with Crippen LogP contribution in [-0.2, 0) is 17.9 Å². The first kappa shape index (κ1) is 24.2. The molecule has 184 valence electrons. The van der Waals surface area contributed by atoms with E-state index in [-0.39, 0.29) is 13.2 Å². The van der Waals surface area contributed by atoms with Gasteiger partial charge in [0.05, 0.1) is 36.0 Å². The number of hydrogen-bond acceptors (Lipinski definition) is 5. The highest BCUT2D eigenvalue weighted by Gasteiger charge is 2.36. The Kier molecular flexibility index (Phi) is 6.40. The van der Waals surface area contributed by atoms with Crippen LogP contribution in [0.25, 0.3) is 22.4 Å². The summed E-state index contributed by atoms with van der Waals surface area (Å²) in [6.07, 6.45) is 0. The van der Waals surface area contributed by atoms with Crippen LogP contribution < -0.4 is 9.64 Å². The zero-order valence-electron chi connectivity index (χ0n) is 20.3. The molecule has 1 aliphatic heterocycles. The molecule has 0 aliphatic carbocycles. The first-order valence-corrected chi connectivity index (χ1v) is 12.6. The molecule has 7 nitrogen and oxygen atoms in total. The molecule has 5 rings (SSSR count). The molecule has 1 aromatic heterocycles. The largest absolute Gasteiger partial charge is 0.494 e. The zero-order chi connectivity index (χ0) is 25.6. The molecular formula is C28H26BrN3O4. The van der Waals surface area contributed by atoms with Gasteiger partial charge < -0.3 is 19.3 Å². The van der Waals surface area contributed by atoms with Crippen molar-refractivity contribution in [1.82, 2.24) is 9.55 Å². The molecular weight excluding hydrogens is 522 g/mol. The first-order chi connectivity index (χ1) is 17.3. The number of aliphatic hydroxyl groups is 1. The van der Waals surface area contributed by atoms with Crippen molar-refractivity contribution in [1.29, 1.82) is 0 Å². The van der Waals surface area contributed by atoms with Gasteiger partial charge in [-0.3, -0.25) is 9.59 Å². The van der Waals surface area contributed by atoms with Crippen molar-refractivity contribution in [2.75, 3.05) is 18.6 Å². The van der Waals surface area contributed by atoms with Gasteiger partial charge in [-0.15, -0.1) is 0 Å². The molecule has 3 aromatic carbocycles. The topological polar surface area (TPSA) is 84.7 Å². The van der Waals surface area contributed by atoms with Gasteiger partial charge in [-0.1, -0.05) is 50.2 Å². The number of rotatable bonds is 7. The number of para-hydroxylation sites is 1. The van der Waals surface area contributed by atoms with Gasteiger partial charge in [0.15, 0.2) is 0 Å². The van der Waals surface area contributed by atoms with Crippen LogP contribution >= 0.6 is 15.9 Å². The maximum atomic E-state index is 12.8. The summed E-state index contributed by atoms with van der Waals surface area (Å²) in [4.78, 5) is 31.7. The molecule has 0 saturated carbocycles. The van der Waals surface area contributed by atoms with E-state index in [1.54, 1.807) is 25.3 Å². The van der Waals surface area contributed by atoms with Crippen LogP contribution in [0.1, 0.15) is 41.3 Å². The second kappa shape index (κ2) is 9.52. The minimum atomic E-state index is -0.557. The van der Waals surface area contributed by atoms with Crippen molar-refractivity contribution >= 4 is 44.3 Å². The van der Waals surface area contributed by atoms with Crippen LogP contribution in [0.3, 0.4) is 0 Å². The summed E-state index contributed by atoms with van der Waals surface area (Å²) in [7, 11) is 1.58. The van der Waals surface area contributed by atoms with E-state index < -0.39 is 11.7 Å². The van der Waals surface area contributed by atoms with E-state index in [0.29, 0.717) is 45.3 Å². The summed E-state index contributed by atoms with van der Waals surface area (Å²) in [6, 6.07) is 17.1. The molecule has 0 radical (unpaired) electrons. The van der Waals surface area contributed by atoms with Gasteiger partial charge >= 0.3 is 0 Å². The lowest BCUT2D eigenvalue weighted by Crippen LogP contribution is -2.29. The van der Waals surface area contributed by atoms with Gasteiger partial charge in [-0.05, 0) is 51.2 Å². The van der Waals surface area contributed by atoms with Gasteiger partial charge in [0.25, 0.3) is 11.7 Å². The van der Waals surface area contributed by atoms with Gasteiger partial charge in [-0.2, -0.15) is 0 Å². The Morgan fingerprint density at radius 3 is 2.47 bits per heavy atom. The standard InChI is InChI=1S/C28H26BrN3O4/c1-16(2)17-8-10-18(11-9-17)27-30-24-23(29)19(14-22(36-3)25(24)31(27)12-13-33)15-32-21-7-5-4-6-20(21)26(34)28(32)35/h4-11,14,16,33H,12-13,15H2,1-3H3. The average molecular weight is 548 g/mol. The Labute approximate surface area is 217 Å². The number of Topliss-reactive ketones (excluding diaryl/α,β-unsaturated/α-hetero) is 1. The Balaban J connectivity index is 1.65. The molecule has 8 heteroatoms. The summed E-state index contributed by atoms with van der Waals surface area (Å²) in [5.74, 6) is 0.633. The van der Waals surface area contributed by atoms with Crippen LogP contribution in [-0.4, -0.2) is 40.1 Å². The fourth-order valence-electron chi connectivity index (χ4n) is 4.70. The highest BCUT2D eigenvalue weighted by Crippen LogP contribution is 2.40. The Hall–Kier alpha value is -3.49. The number of amides is 1. The van der Waals surface area contributed by atoms with Crippen LogP contribution in [0.5, 0.6) is 5.75 Å². The number of carbonyl (C=O) groups excluding carboxylic acids is 2. The maximum Gasteiger partial charge on any atom is 0.299 e. The lowest BCUT2D eigenvalue weighted by atomic mass is 10.0. The molecule has 0 spiro atoms. The number of ether oxygens (including phenoxy) is 1. The number of aliphatic hydroxyl groups excluding tert-OH is 1. The van der Waals surface area contributed by atoms with Crippen LogP contribution in [0.2, 0.25) is 0 Å². The predicted octanol–water partition coefficient (Wildman–Crippen LogP) is 5.32. The van der Waals surface area contributed by atoms with E-state index in [4.69, 9.17) is 9.72 Å². The molecule has 0 fully saturated rings. The van der Waals surface area contributed by atoms with Crippen molar-refractivity contribution < 1.29 is 19.4 Å². The lowest BCUT2D eigenvalue weighted by Gasteiger charge is -2.19. The highest BCUT2D eigenvalue weighted by atomic mass is 79.9. The van der Waals surface area contributed by atoms with E-state index in [2.05, 4.69) is 41.9 Å². The number of anilines is 1. The van der Waals surface area contributed by atoms with Crippen molar-refractivity contribution in [3.8, 4) is 17.1 Å². The molecule has 1 N–H and O–H groups in total. The lowest BCUT2D eigenvalue weighted by molar-refractivity contribution is -0.114. The van der Waals surface area contributed by atoms with Crippen LogP contribution in [0.15, 0.2) is 59.1 Å². The first-order valence-electron chi connectivity index (χ1n) is 11.8. The number of benzene rings is 3. The Morgan fingerprint density at radius 1 is 1.08 bits per heavy atom. The molecule has 0 bridgehead atoms. The van der Waals surface area contributed by atoms with Crippen molar-refractivity contribution in [2.45, 2.75) is 32.9 Å². The summed E-state index contributed by atoms with van der Waals surface area (Å²) in [6.45, 7) is 4.76. The van der Waals surface area contributed by atoms with Gasteiger partial charge in [0.1, 0.15) is 22.6 Å². The van der Waals surface area contributed by atoms with Crippen molar-refractivity contribution in [2.24, 2.45) is 0 Å². The number of carbonyl (C=O) groups is 2. The summed E-state index contributed by atoms with van der Waals surface area (Å²) >= 11 is 3.71. The third-order valence-electron chi connectivity index (χ3n) is 6.58. The summed E-state index contributed by atoms with van der Waals surface area (Å²) in [5.41, 5.74) is 5.32. The minimum Gasteiger partial charge on any atom is -0.494 e. The smallest absolute Gasteiger partial charge is 0.299 e. The number of nitrogens with zero attached hydrogens (tertiary/aromatic N) is 3. The van der Waals surface area contributed by atoms with E-state index >= 15 is 0 Å². The van der Waals surface area contributed by atoms with E-state index in [9.17, 15) is 14.7 Å². The number of methoxy groups -OCH3 is 1. The van der Waals surface area contributed by atoms with Gasteiger partial charge in [0.2, 0.25) is 0 Å². The monoisotopic (exact) mass is 547 g/mol. The SMILES string of the molecule is COc1cc(CN2C(=O)C(=O)c3ccccc32)c(Br)c2nc(-c3ccc(C(C)C)cc3)n(CCO)c12. The third-order valence-corrected chi connectivity index (χ3v) is 7.47. The predicted molar refractivity (Wildman–Crippen MR) is 143 cm³/mol. The number of hydrogen-bond donors (Lipinski definition) is 1. The Bertz CT molecular complexity index is 1490. The average Bonchev–Trinajstić information content (AvgIpc) is 3.38. The maximum absolute atomic E-state index is 12.8. The normalized spacial score (nSPS) is 13.2. The van der Waals surface area contributed by atoms with E-state index in [1.165, 1.54) is 10.5 Å². The fourth-order valence-corrected chi connectivity index (χ4v) is 5.22. The third kappa shape index (κ3) is 3.90. The number of fused-ring (bicyclic) bond motifs is 2. The molecule has 0 atom stereocenters. The highest BCUT2D eigenvalue weighted by molar-refractivity contribution is 9.10. The number of halogens is 1. The molecule has 0 saturated heterocycles. The van der Waals surface area contributed by atoms with Gasteiger partial charge in [-0.25, -0.2) is 4.98 Å². The van der Waals surface area contributed by atoms with Crippen LogP contribution in [0.4, 0.5) is 5.69 Å². The number of aromatic nitrogens is 2. The molecule has 1 amide bonds. The van der Waals surface area contributed by atoms with E-state index in [0.717, 1.165) is 16.6 Å². The minimum absolute atomic E-state index is 0.0633. The molecule has 36 heavy (non-hydrogen) atoms. The van der Waals surface area contributed by atoms with Crippen molar-refractivity contribution in [3.05, 3.63) is 75.8 Å². The quantitative estimate of drug-likeness (QED) is 0.316. The molecule has 4 aromatic rings. The van der Waals surface area contributed by atoms with E-state index in [1.807, 2.05) is 28.8 Å². The summed E-state index contributed by atoms with van der Waals surface area (Å²) < 4.78 is 8.42. The molecule has 0 unspecified atom stereocenters. The fraction of sp³-hybridized carbons (Fsp3) is 0.250. The molecule has 1 aliphatic rings. The van der Waals surface area contributed by atoms with Crippen LogP contribution in [0, 0.1) is 0 Å². The second-order valence-electron chi connectivity index (χ2n) is 9.07. The number of ketones is 1. The Morgan fingerprint density at radius 2 is 1.81 bits per heavy atom. The number of imidazole rings is 1.